The van der Waals surface area contributed by atoms with Crippen LogP contribution in [0, 0.1) is 5.82 Å². The first-order valence-electron chi connectivity index (χ1n) is 6.70. The number of nitrogens with one attached hydrogen (secondary N) is 1. The average molecular weight is 389 g/mol. The van der Waals surface area contributed by atoms with Gasteiger partial charge in [-0.25, -0.2) is 4.39 Å². The van der Waals surface area contributed by atoms with Crippen LogP contribution in [0.1, 0.15) is 24.3 Å². The number of rotatable bonds is 3. The Balaban J connectivity index is 1.67. The van der Waals surface area contributed by atoms with Gasteiger partial charge in [0, 0.05) is 10.5 Å². The van der Waals surface area contributed by atoms with Crippen molar-refractivity contribution in [2.45, 2.75) is 24.8 Å². The minimum Gasteiger partial charge on any atom is -0.380 e. The molecule has 0 aromatic heterocycles. The lowest BCUT2D eigenvalue weighted by Crippen LogP contribution is -2.34. The van der Waals surface area contributed by atoms with E-state index < -0.39 is 0 Å². The molecule has 0 radical (unpaired) electrons. The second-order valence-electron chi connectivity index (χ2n) is 5.28. The number of benzene rings is 2. The van der Waals surface area contributed by atoms with Crippen LogP contribution >= 0.6 is 39.1 Å². The second kappa shape index (κ2) is 6.15. The highest BCUT2D eigenvalue weighted by molar-refractivity contribution is 9.10. The third-order valence-electron chi connectivity index (χ3n) is 3.84. The Kier molecular flexibility index (Phi) is 4.43. The lowest BCUT2D eigenvalue weighted by Gasteiger charge is -2.37. The van der Waals surface area contributed by atoms with Gasteiger partial charge in [-0.3, -0.25) is 0 Å². The van der Waals surface area contributed by atoms with E-state index >= 15 is 0 Å². The highest BCUT2D eigenvalue weighted by Gasteiger charge is 2.32. The summed E-state index contributed by atoms with van der Waals surface area (Å²) in [5, 5.41) is 4.53. The molecule has 3 rings (SSSR count). The van der Waals surface area contributed by atoms with Crippen LogP contribution in [0.5, 0.6) is 0 Å². The maximum Gasteiger partial charge on any atom is 0.126 e. The quantitative estimate of drug-likeness (QED) is 0.654. The Morgan fingerprint density at radius 3 is 2.33 bits per heavy atom. The summed E-state index contributed by atoms with van der Waals surface area (Å²) < 4.78 is 14.6. The van der Waals surface area contributed by atoms with Crippen LogP contribution in [-0.4, -0.2) is 6.04 Å². The van der Waals surface area contributed by atoms with Crippen LogP contribution in [0.3, 0.4) is 0 Å². The van der Waals surface area contributed by atoms with Gasteiger partial charge in [-0.15, -0.1) is 0 Å². The van der Waals surface area contributed by atoms with Crippen molar-refractivity contribution in [3.8, 4) is 0 Å². The standard InChI is InChI=1S/C16H13BrCl2FN/c17-10-7-13(18)16(14(19)8-10)21-11-5-9(6-11)12-3-1-2-4-15(12)20/h1-4,7-9,11,21H,5-6H2. The van der Waals surface area contributed by atoms with Crippen molar-refractivity contribution in [2.75, 3.05) is 5.32 Å². The van der Waals surface area contributed by atoms with Gasteiger partial charge in [-0.05, 0) is 42.5 Å². The molecule has 0 atom stereocenters. The van der Waals surface area contributed by atoms with E-state index in [2.05, 4.69) is 21.2 Å². The number of halogens is 4. The Hall–Kier alpha value is -0.770. The summed E-state index contributed by atoms with van der Waals surface area (Å²) in [6.45, 7) is 0. The zero-order valence-corrected chi connectivity index (χ0v) is 14.1. The van der Waals surface area contributed by atoms with Crippen LogP contribution in [-0.2, 0) is 0 Å². The van der Waals surface area contributed by atoms with Crippen LogP contribution in [0.25, 0.3) is 0 Å². The molecule has 1 fully saturated rings. The van der Waals surface area contributed by atoms with E-state index in [1.165, 1.54) is 6.07 Å². The largest absolute Gasteiger partial charge is 0.380 e. The van der Waals surface area contributed by atoms with Crippen LogP contribution < -0.4 is 5.32 Å². The SMILES string of the molecule is Fc1ccccc1C1CC(Nc2c(Cl)cc(Br)cc2Cl)C1. The third-order valence-corrected chi connectivity index (χ3v) is 4.89. The van der Waals surface area contributed by atoms with Crippen molar-refractivity contribution in [3.63, 3.8) is 0 Å². The van der Waals surface area contributed by atoms with Crippen molar-refractivity contribution in [3.05, 3.63) is 62.3 Å². The Morgan fingerprint density at radius 2 is 1.71 bits per heavy atom. The molecule has 1 nitrogen and oxygen atoms in total. The molecule has 0 amide bonds. The summed E-state index contributed by atoms with van der Waals surface area (Å²) in [6, 6.07) is 10.8. The minimum absolute atomic E-state index is 0.124. The fourth-order valence-electron chi connectivity index (χ4n) is 2.68. The van der Waals surface area contributed by atoms with Crippen molar-refractivity contribution < 1.29 is 4.39 Å². The van der Waals surface area contributed by atoms with E-state index in [0.717, 1.165) is 28.6 Å². The fourth-order valence-corrected chi connectivity index (χ4v) is 4.00. The first-order chi connectivity index (χ1) is 10.0. The molecule has 1 aliphatic rings. The van der Waals surface area contributed by atoms with Gasteiger partial charge >= 0.3 is 0 Å². The molecule has 0 bridgehead atoms. The van der Waals surface area contributed by atoms with Gasteiger partial charge in [0.05, 0.1) is 15.7 Å². The van der Waals surface area contributed by atoms with Gasteiger partial charge in [0.15, 0.2) is 0 Å². The van der Waals surface area contributed by atoms with Gasteiger partial charge in [0.1, 0.15) is 5.82 Å². The van der Waals surface area contributed by atoms with Crippen LogP contribution in [0.2, 0.25) is 10.0 Å². The zero-order chi connectivity index (χ0) is 15.0. The Morgan fingerprint density at radius 1 is 1.10 bits per heavy atom. The average Bonchev–Trinajstić information content (AvgIpc) is 2.37. The summed E-state index contributed by atoms with van der Waals surface area (Å²) in [6.07, 6.45) is 1.76. The summed E-state index contributed by atoms with van der Waals surface area (Å²) in [5.74, 6) is 0.136. The van der Waals surface area contributed by atoms with Gasteiger partial charge in [0.2, 0.25) is 0 Å². The first kappa shape index (κ1) is 15.1. The highest BCUT2D eigenvalue weighted by atomic mass is 79.9. The van der Waals surface area contributed by atoms with E-state index in [0.29, 0.717) is 10.0 Å². The Bertz CT molecular complexity index is 648. The molecule has 1 saturated carbocycles. The van der Waals surface area contributed by atoms with Gasteiger partial charge in [-0.2, -0.15) is 0 Å². The van der Waals surface area contributed by atoms with E-state index in [9.17, 15) is 4.39 Å². The molecule has 1 N–H and O–H groups in total. The lowest BCUT2D eigenvalue weighted by atomic mass is 9.75. The molecule has 1 aliphatic carbocycles. The lowest BCUT2D eigenvalue weighted by molar-refractivity contribution is 0.363. The molecule has 0 aliphatic heterocycles. The predicted octanol–water partition coefficient (Wildman–Crippen LogP) is 6.25. The molecular weight excluding hydrogens is 376 g/mol. The molecule has 21 heavy (non-hydrogen) atoms. The molecule has 0 spiro atoms. The summed E-state index contributed by atoms with van der Waals surface area (Å²) in [4.78, 5) is 0. The second-order valence-corrected chi connectivity index (χ2v) is 7.01. The van der Waals surface area contributed by atoms with Gasteiger partial charge in [-0.1, -0.05) is 57.3 Å². The zero-order valence-electron chi connectivity index (χ0n) is 11.0. The number of hydrogen-bond acceptors (Lipinski definition) is 1. The fraction of sp³-hybridized carbons (Fsp3) is 0.250. The molecule has 2 aromatic rings. The monoisotopic (exact) mass is 387 g/mol. The van der Waals surface area contributed by atoms with Gasteiger partial charge < -0.3 is 5.32 Å². The Labute approximate surface area is 141 Å². The minimum atomic E-state index is -0.124. The van der Waals surface area contributed by atoms with Crippen LogP contribution in [0.4, 0.5) is 10.1 Å². The molecule has 0 saturated heterocycles. The van der Waals surface area contributed by atoms with Crippen molar-refractivity contribution in [1.29, 1.82) is 0 Å². The smallest absolute Gasteiger partial charge is 0.126 e. The third kappa shape index (κ3) is 3.20. The summed E-state index contributed by atoms with van der Waals surface area (Å²) in [5.41, 5.74) is 1.54. The summed E-state index contributed by atoms with van der Waals surface area (Å²) >= 11 is 15.8. The molecule has 0 heterocycles. The van der Waals surface area contributed by atoms with Crippen molar-refractivity contribution in [2.24, 2.45) is 0 Å². The van der Waals surface area contributed by atoms with E-state index in [1.807, 2.05) is 24.3 Å². The molecule has 110 valence electrons. The molecule has 5 heteroatoms. The van der Waals surface area contributed by atoms with E-state index in [1.54, 1.807) is 6.07 Å². The maximum absolute atomic E-state index is 13.7. The maximum atomic E-state index is 13.7. The van der Waals surface area contributed by atoms with Crippen molar-refractivity contribution >= 4 is 44.8 Å². The topological polar surface area (TPSA) is 12.0 Å². The van der Waals surface area contributed by atoms with Crippen LogP contribution in [0.15, 0.2) is 40.9 Å². The first-order valence-corrected chi connectivity index (χ1v) is 8.25. The normalized spacial score (nSPS) is 21.0. The molecular formula is C16H13BrCl2FN. The molecule has 2 aromatic carbocycles. The van der Waals surface area contributed by atoms with E-state index in [-0.39, 0.29) is 17.8 Å². The van der Waals surface area contributed by atoms with Gasteiger partial charge in [0.25, 0.3) is 0 Å². The number of anilines is 1. The summed E-state index contributed by atoms with van der Waals surface area (Å²) in [7, 11) is 0. The molecule has 0 unspecified atom stereocenters. The predicted molar refractivity (Wildman–Crippen MR) is 89.9 cm³/mol. The highest BCUT2D eigenvalue weighted by Crippen LogP contribution is 2.42. The van der Waals surface area contributed by atoms with Crippen molar-refractivity contribution in [1.82, 2.24) is 0 Å². The van der Waals surface area contributed by atoms with E-state index in [4.69, 9.17) is 23.2 Å². The number of hydrogen-bond donors (Lipinski definition) is 1.